The number of nitrogens with zero attached hydrogens (tertiary/aromatic N) is 3. The number of hydrogen-bond acceptors (Lipinski definition) is 4. The van der Waals surface area contributed by atoms with Crippen LogP contribution in [0, 0.1) is 6.92 Å². The van der Waals surface area contributed by atoms with Gasteiger partial charge in [-0.05, 0) is 57.4 Å². The molecule has 5 rings (SSSR count). The van der Waals surface area contributed by atoms with E-state index in [4.69, 9.17) is 16.3 Å². The lowest BCUT2D eigenvalue weighted by Crippen LogP contribution is -2.61. The van der Waals surface area contributed by atoms with Gasteiger partial charge in [-0.25, -0.2) is 0 Å². The lowest BCUT2D eigenvalue weighted by Gasteiger charge is -2.39. The Morgan fingerprint density at radius 1 is 1.22 bits per heavy atom. The molecule has 0 atom stereocenters. The number of aromatic nitrogens is 1. The van der Waals surface area contributed by atoms with E-state index in [0.29, 0.717) is 43.4 Å². The van der Waals surface area contributed by atoms with Gasteiger partial charge < -0.3 is 24.4 Å². The minimum absolute atomic E-state index is 0.0309. The molecule has 0 bridgehead atoms. The largest absolute Gasteiger partial charge is 0.372 e. The summed E-state index contributed by atoms with van der Waals surface area (Å²) in [4.78, 5) is 42.4. The van der Waals surface area contributed by atoms with Gasteiger partial charge in [0, 0.05) is 48.2 Å². The first kappa shape index (κ1) is 24.8. The third-order valence-corrected chi connectivity index (χ3v) is 7.50. The summed E-state index contributed by atoms with van der Waals surface area (Å²) in [7, 11) is 0. The van der Waals surface area contributed by atoms with Crippen LogP contribution in [0.15, 0.2) is 24.8 Å². The van der Waals surface area contributed by atoms with Crippen molar-refractivity contribution < 1.29 is 19.1 Å². The van der Waals surface area contributed by atoms with E-state index in [-0.39, 0.29) is 36.2 Å². The van der Waals surface area contributed by atoms with Gasteiger partial charge in [0.2, 0.25) is 11.8 Å². The Morgan fingerprint density at radius 2 is 1.94 bits per heavy atom. The Morgan fingerprint density at radius 3 is 2.58 bits per heavy atom. The number of hydrogen-bond donors (Lipinski definition) is 1. The van der Waals surface area contributed by atoms with Crippen LogP contribution in [-0.4, -0.2) is 76.5 Å². The van der Waals surface area contributed by atoms with Crippen LogP contribution >= 0.6 is 11.6 Å². The van der Waals surface area contributed by atoms with Crippen molar-refractivity contribution >= 4 is 40.2 Å². The van der Waals surface area contributed by atoms with E-state index in [0.717, 1.165) is 35.0 Å². The first-order chi connectivity index (χ1) is 17.1. The zero-order valence-corrected chi connectivity index (χ0v) is 21.9. The van der Waals surface area contributed by atoms with Gasteiger partial charge in [-0.2, -0.15) is 0 Å². The molecule has 8 nitrogen and oxygen atoms in total. The van der Waals surface area contributed by atoms with E-state index >= 15 is 0 Å². The average Bonchev–Trinajstić information content (AvgIpc) is 3.57. The van der Waals surface area contributed by atoms with Gasteiger partial charge in [-0.15, -0.1) is 0 Å². The van der Waals surface area contributed by atoms with E-state index in [1.807, 2.05) is 42.4 Å². The van der Waals surface area contributed by atoms with Crippen molar-refractivity contribution in [3.8, 4) is 0 Å². The molecule has 0 radical (unpaired) electrons. The number of benzene rings is 1. The number of aryl methyl sites for hydroxylation is 1. The molecular formula is C27H33ClN4O4. The average molecular weight is 513 g/mol. The number of nitrogens with one attached hydrogen (secondary N) is 1. The molecule has 2 aromatic rings. The maximum atomic E-state index is 14.0. The van der Waals surface area contributed by atoms with Crippen molar-refractivity contribution in [3.63, 3.8) is 0 Å². The maximum Gasteiger partial charge on any atom is 0.256 e. The molecule has 3 amide bonds. The van der Waals surface area contributed by atoms with Gasteiger partial charge in [-0.3, -0.25) is 14.4 Å². The SMILES string of the molecule is C=CC(=O)N1CC(NC(=O)Cn2c(C3CC3)c(C(=O)N3CCOC(C)(C)C3)c3cc(Cl)cc(C)c32)C1. The van der Waals surface area contributed by atoms with Crippen molar-refractivity contribution in [2.75, 3.05) is 32.8 Å². The highest BCUT2D eigenvalue weighted by Gasteiger charge is 2.39. The molecule has 9 heteroatoms. The summed E-state index contributed by atoms with van der Waals surface area (Å²) < 4.78 is 7.86. The molecule has 3 heterocycles. The molecule has 1 saturated carbocycles. The smallest absolute Gasteiger partial charge is 0.256 e. The Balaban J connectivity index is 1.49. The van der Waals surface area contributed by atoms with Crippen molar-refractivity contribution in [3.05, 3.63) is 46.6 Å². The standard InChI is InChI=1S/C27H33ClN4O4/c1-5-22(34)31-12-19(13-31)29-21(33)14-32-24-16(2)10-18(28)11-20(24)23(25(32)17-6-7-17)26(35)30-8-9-36-27(3,4)15-30/h5,10-11,17,19H,1,6-9,12-15H2,2-4H3,(H,29,33). The second-order valence-corrected chi connectivity index (χ2v) is 11.2. The van der Waals surface area contributed by atoms with Crippen LogP contribution in [0.2, 0.25) is 5.02 Å². The van der Waals surface area contributed by atoms with Crippen LogP contribution in [0.25, 0.3) is 10.9 Å². The molecule has 1 aromatic carbocycles. The fourth-order valence-electron chi connectivity index (χ4n) is 5.49. The van der Waals surface area contributed by atoms with Crippen molar-refractivity contribution in [1.29, 1.82) is 0 Å². The highest BCUT2D eigenvalue weighted by molar-refractivity contribution is 6.31. The molecule has 1 N–H and O–H groups in total. The third kappa shape index (κ3) is 4.64. The van der Waals surface area contributed by atoms with Crippen molar-refractivity contribution in [1.82, 2.24) is 19.7 Å². The fraction of sp³-hybridized carbons (Fsp3) is 0.519. The molecule has 3 aliphatic rings. The molecule has 2 aliphatic heterocycles. The summed E-state index contributed by atoms with van der Waals surface area (Å²) in [6.45, 7) is 12.0. The zero-order valence-electron chi connectivity index (χ0n) is 21.1. The number of carbonyl (C=O) groups is 3. The summed E-state index contributed by atoms with van der Waals surface area (Å²) in [5.74, 6) is -0.0577. The zero-order chi connectivity index (χ0) is 25.8. The van der Waals surface area contributed by atoms with Crippen LogP contribution in [0.5, 0.6) is 0 Å². The quantitative estimate of drug-likeness (QED) is 0.602. The van der Waals surface area contributed by atoms with Crippen molar-refractivity contribution in [2.45, 2.75) is 57.7 Å². The van der Waals surface area contributed by atoms with E-state index < -0.39 is 5.60 Å². The summed E-state index contributed by atoms with van der Waals surface area (Å²) in [5, 5.41) is 4.41. The molecule has 0 unspecified atom stereocenters. The lowest BCUT2D eigenvalue weighted by molar-refractivity contribution is -0.133. The van der Waals surface area contributed by atoms with E-state index in [1.54, 1.807) is 4.90 Å². The topological polar surface area (TPSA) is 83.9 Å². The molecule has 192 valence electrons. The van der Waals surface area contributed by atoms with E-state index in [1.165, 1.54) is 6.08 Å². The summed E-state index contributed by atoms with van der Waals surface area (Å²) in [6.07, 6.45) is 3.26. The van der Waals surface area contributed by atoms with Crippen LogP contribution in [0.3, 0.4) is 0 Å². The summed E-state index contributed by atoms with van der Waals surface area (Å²) >= 11 is 6.47. The number of ether oxygens (including phenoxy) is 1. The monoisotopic (exact) mass is 512 g/mol. The van der Waals surface area contributed by atoms with Crippen LogP contribution < -0.4 is 5.32 Å². The molecule has 0 spiro atoms. The molecule has 2 saturated heterocycles. The molecule has 3 fully saturated rings. The number of likely N-dealkylation sites (tertiary alicyclic amines) is 1. The fourth-order valence-corrected chi connectivity index (χ4v) is 5.76. The number of halogens is 1. The van der Waals surface area contributed by atoms with E-state index in [2.05, 4.69) is 11.9 Å². The molecular weight excluding hydrogens is 480 g/mol. The van der Waals surface area contributed by atoms with Gasteiger partial charge in [0.1, 0.15) is 6.54 Å². The number of fused-ring (bicyclic) bond motifs is 1. The minimum Gasteiger partial charge on any atom is -0.372 e. The molecule has 1 aliphatic carbocycles. The number of amides is 3. The highest BCUT2D eigenvalue weighted by atomic mass is 35.5. The summed E-state index contributed by atoms with van der Waals surface area (Å²) in [5.41, 5.74) is 2.99. The normalized spacial score (nSPS) is 19.8. The summed E-state index contributed by atoms with van der Waals surface area (Å²) in [6, 6.07) is 3.65. The highest BCUT2D eigenvalue weighted by Crippen LogP contribution is 2.46. The predicted octanol–water partition coefficient (Wildman–Crippen LogP) is 3.24. The second-order valence-electron chi connectivity index (χ2n) is 10.8. The number of carbonyl (C=O) groups excluding carboxylic acids is 3. The maximum absolute atomic E-state index is 14.0. The Hall–Kier alpha value is -2.84. The minimum atomic E-state index is -0.414. The van der Waals surface area contributed by atoms with Gasteiger partial charge in [0.15, 0.2) is 0 Å². The van der Waals surface area contributed by atoms with Gasteiger partial charge in [-0.1, -0.05) is 18.2 Å². The Bertz CT molecular complexity index is 1260. The number of rotatable bonds is 6. The molecule has 1 aromatic heterocycles. The van der Waals surface area contributed by atoms with E-state index in [9.17, 15) is 14.4 Å². The van der Waals surface area contributed by atoms with Crippen molar-refractivity contribution in [2.24, 2.45) is 0 Å². The first-order valence-electron chi connectivity index (χ1n) is 12.5. The van der Waals surface area contributed by atoms with Crippen LogP contribution in [-0.2, 0) is 20.9 Å². The van der Waals surface area contributed by atoms with Crippen LogP contribution in [0.4, 0.5) is 0 Å². The third-order valence-electron chi connectivity index (χ3n) is 7.28. The predicted molar refractivity (Wildman–Crippen MR) is 138 cm³/mol. The van der Waals surface area contributed by atoms with Gasteiger partial charge in [0.05, 0.1) is 29.3 Å². The van der Waals surface area contributed by atoms with Gasteiger partial charge in [0.25, 0.3) is 5.91 Å². The second kappa shape index (κ2) is 9.23. The first-order valence-corrected chi connectivity index (χ1v) is 12.9. The lowest BCUT2D eigenvalue weighted by atomic mass is 10.0. The van der Waals surface area contributed by atoms with Gasteiger partial charge >= 0.3 is 0 Å². The Kier molecular flexibility index (Phi) is 6.37. The molecule has 36 heavy (non-hydrogen) atoms. The number of morpholine rings is 1. The Labute approximate surface area is 216 Å². The van der Waals surface area contributed by atoms with Crippen LogP contribution in [0.1, 0.15) is 54.2 Å².